The Balaban J connectivity index is 1.67. The van der Waals surface area contributed by atoms with Crippen LogP contribution in [0.2, 0.25) is 0 Å². The molecule has 1 aliphatic carbocycles. The Morgan fingerprint density at radius 1 is 1.04 bits per heavy atom. The monoisotopic (exact) mass is 361 g/mol. The van der Waals surface area contributed by atoms with Gasteiger partial charge >= 0.3 is 0 Å². The molecule has 0 saturated heterocycles. The first-order chi connectivity index (χ1) is 13.2. The second-order valence-electron chi connectivity index (χ2n) is 7.85. The van der Waals surface area contributed by atoms with E-state index in [0.29, 0.717) is 0 Å². The third-order valence-corrected chi connectivity index (χ3v) is 5.78. The molecular weight excluding hydrogens is 334 g/mol. The van der Waals surface area contributed by atoms with Gasteiger partial charge in [0.15, 0.2) is 5.82 Å². The third kappa shape index (κ3) is 3.78. The number of rotatable bonds is 5. The number of hydrogen-bond acceptors (Lipinski definition) is 4. The lowest BCUT2D eigenvalue weighted by molar-refractivity contribution is 0.180. The van der Waals surface area contributed by atoms with E-state index in [-0.39, 0.29) is 5.54 Å². The predicted molar refractivity (Wildman–Crippen MR) is 106 cm³/mol. The molecule has 0 atom stereocenters. The maximum absolute atomic E-state index is 4.49. The lowest BCUT2D eigenvalue weighted by Gasteiger charge is -2.39. The van der Waals surface area contributed by atoms with Crippen LogP contribution in [-0.2, 0) is 12.1 Å². The molecule has 3 aromatic rings. The fourth-order valence-electron chi connectivity index (χ4n) is 3.95. The van der Waals surface area contributed by atoms with Gasteiger partial charge in [-0.3, -0.25) is 0 Å². The summed E-state index contributed by atoms with van der Waals surface area (Å²) in [5, 5.41) is 16.7. The number of aromatic nitrogens is 4. The van der Waals surface area contributed by atoms with Crippen molar-refractivity contribution in [3.63, 3.8) is 0 Å². The standard InChI is InChI=1S/C22H27N5/c1-17-8-10-20(11-9-17)27-21(24-25-26-27)22(14-12-18(2)13-15-22)23-16-19-6-4-3-5-7-19/h3-11,18,23H,12-16H2,1-2H3. The van der Waals surface area contributed by atoms with Gasteiger partial charge in [-0.05, 0) is 66.6 Å². The normalized spacial score (nSPS) is 22.7. The van der Waals surface area contributed by atoms with Crippen LogP contribution in [-0.4, -0.2) is 20.2 Å². The molecule has 0 spiro atoms. The van der Waals surface area contributed by atoms with Crippen LogP contribution in [0.5, 0.6) is 0 Å². The molecule has 140 valence electrons. The summed E-state index contributed by atoms with van der Waals surface area (Å²) < 4.78 is 1.91. The maximum Gasteiger partial charge on any atom is 0.176 e. The molecule has 0 aliphatic heterocycles. The number of tetrazole rings is 1. The lowest BCUT2D eigenvalue weighted by atomic mass is 9.76. The first kappa shape index (κ1) is 17.9. The van der Waals surface area contributed by atoms with E-state index in [1.54, 1.807) is 0 Å². The van der Waals surface area contributed by atoms with Crippen LogP contribution in [0.4, 0.5) is 0 Å². The molecule has 4 rings (SSSR count). The molecule has 1 fully saturated rings. The molecule has 27 heavy (non-hydrogen) atoms. The van der Waals surface area contributed by atoms with E-state index in [1.807, 2.05) is 4.68 Å². The summed E-state index contributed by atoms with van der Waals surface area (Å²) in [5.74, 6) is 1.68. The second-order valence-corrected chi connectivity index (χ2v) is 7.85. The highest BCUT2D eigenvalue weighted by Gasteiger charge is 2.40. The van der Waals surface area contributed by atoms with Gasteiger partial charge in [0.1, 0.15) is 0 Å². The van der Waals surface area contributed by atoms with Gasteiger partial charge in [0, 0.05) is 6.54 Å². The van der Waals surface area contributed by atoms with E-state index in [0.717, 1.165) is 36.8 Å². The summed E-state index contributed by atoms with van der Waals surface area (Å²) in [6, 6.07) is 18.9. The summed E-state index contributed by atoms with van der Waals surface area (Å²) in [7, 11) is 0. The average molecular weight is 361 g/mol. The molecule has 0 unspecified atom stereocenters. The summed E-state index contributed by atoms with van der Waals surface area (Å²) in [6.45, 7) is 5.25. The Bertz CT molecular complexity index is 861. The minimum Gasteiger partial charge on any atom is -0.301 e. The Hall–Kier alpha value is -2.53. The molecule has 0 amide bonds. The van der Waals surface area contributed by atoms with E-state index >= 15 is 0 Å². The molecule has 0 radical (unpaired) electrons. The van der Waals surface area contributed by atoms with Crippen LogP contribution in [0.3, 0.4) is 0 Å². The molecule has 1 saturated carbocycles. The molecule has 2 aromatic carbocycles. The van der Waals surface area contributed by atoms with Gasteiger partial charge in [-0.15, -0.1) is 5.10 Å². The number of aryl methyl sites for hydroxylation is 1. The van der Waals surface area contributed by atoms with Crippen molar-refractivity contribution in [2.24, 2.45) is 5.92 Å². The van der Waals surface area contributed by atoms with E-state index < -0.39 is 0 Å². The smallest absolute Gasteiger partial charge is 0.176 e. The van der Waals surface area contributed by atoms with Crippen LogP contribution in [0.25, 0.3) is 5.69 Å². The molecule has 1 aliphatic rings. The number of hydrogen-bond donors (Lipinski definition) is 1. The molecule has 5 nitrogen and oxygen atoms in total. The van der Waals surface area contributed by atoms with Crippen molar-refractivity contribution in [2.75, 3.05) is 0 Å². The Morgan fingerprint density at radius 2 is 1.74 bits per heavy atom. The quantitative estimate of drug-likeness (QED) is 0.741. The van der Waals surface area contributed by atoms with Crippen LogP contribution >= 0.6 is 0 Å². The number of nitrogens with one attached hydrogen (secondary N) is 1. The topological polar surface area (TPSA) is 55.6 Å². The Kier molecular flexibility index (Phi) is 5.03. The zero-order valence-corrected chi connectivity index (χ0v) is 16.1. The van der Waals surface area contributed by atoms with Crippen molar-refractivity contribution < 1.29 is 0 Å². The van der Waals surface area contributed by atoms with Crippen molar-refractivity contribution in [1.29, 1.82) is 0 Å². The summed E-state index contributed by atoms with van der Waals surface area (Å²) in [4.78, 5) is 0. The highest BCUT2D eigenvalue weighted by atomic mass is 15.6. The minimum atomic E-state index is -0.198. The average Bonchev–Trinajstić information content (AvgIpc) is 3.20. The zero-order valence-electron chi connectivity index (χ0n) is 16.1. The van der Waals surface area contributed by atoms with Gasteiger partial charge in [0.2, 0.25) is 0 Å². The van der Waals surface area contributed by atoms with Gasteiger partial charge in [-0.1, -0.05) is 55.0 Å². The largest absolute Gasteiger partial charge is 0.301 e. The van der Waals surface area contributed by atoms with Crippen molar-refractivity contribution in [3.05, 3.63) is 71.5 Å². The fourth-order valence-corrected chi connectivity index (χ4v) is 3.95. The Morgan fingerprint density at radius 3 is 2.44 bits per heavy atom. The van der Waals surface area contributed by atoms with Crippen molar-refractivity contribution >= 4 is 0 Å². The van der Waals surface area contributed by atoms with Crippen LogP contribution < -0.4 is 5.32 Å². The van der Waals surface area contributed by atoms with E-state index in [2.05, 4.69) is 89.3 Å². The van der Waals surface area contributed by atoms with Gasteiger partial charge in [-0.25, -0.2) is 0 Å². The summed E-state index contributed by atoms with van der Waals surface area (Å²) in [6.07, 6.45) is 4.46. The number of nitrogens with zero attached hydrogens (tertiary/aromatic N) is 4. The predicted octanol–water partition coefficient (Wildman–Crippen LogP) is 4.17. The third-order valence-electron chi connectivity index (χ3n) is 5.78. The lowest BCUT2D eigenvalue weighted by Crippen LogP contribution is -2.46. The fraction of sp³-hybridized carbons (Fsp3) is 0.409. The van der Waals surface area contributed by atoms with Gasteiger partial charge in [0.25, 0.3) is 0 Å². The molecular formula is C22H27N5. The highest BCUT2D eigenvalue weighted by Crippen LogP contribution is 2.39. The van der Waals surface area contributed by atoms with Crippen LogP contribution in [0.1, 0.15) is 49.6 Å². The molecule has 0 bridgehead atoms. The minimum absolute atomic E-state index is 0.198. The number of benzene rings is 2. The van der Waals surface area contributed by atoms with Crippen molar-refractivity contribution in [2.45, 2.75) is 51.6 Å². The van der Waals surface area contributed by atoms with Crippen molar-refractivity contribution in [3.8, 4) is 5.69 Å². The molecule has 1 N–H and O–H groups in total. The van der Waals surface area contributed by atoms with Crippen LogP contribution in [0.15, 0.2) is 54.6 Å². The maximum atomic E-state index is 4.49. The van der Waals surface area contributed by atoms with Gasteiger partial charge in [-0.2, -0.15) is 4.68 Å². The first-order valence-electron chi connectivity index (χ1n) is 9.81. The molecule has 1 heterocycles. The molecule has 1 aromatic heterocycles. The van der Waals surface area contributed by atoms with E-state index in [1.165, 1.54) is 24.0 Å². The Labute approximate surface area is 160 Å². The second kappa shape index (κ2) is 7.61. The SMILES string of the molecule is Cc1ccc(-n2nnnc2C2(NCc3ccccc3)CCC(C)CC2)cc1. The molecule has 5 heteroatoms. The first-order valence-corrected chi connectivity index (χ1v) is 9.81. The van der Waals surface area contributed by atoms with Crippen LogP contribution in [0, 0.1) is 12.8 Å². The zero-order chi connectivity index (χ0) is 18.7. The highest BCUT2D eigenvalue weighted by molar-refractivity contribution is 5.35. The van der Waals surface area contributed by atoms with E-state index in [9.17, 15) is 0 Å². The summed E-state index contributed by atoms with van der Waals surface area (Å²) >= 11 is 0. The van der Waals surface area contributed by atoms with Gasteiger partial charge < -0.3 is 5.32 Å². The van der Waals surface area contributed by atoms with Gasteiger partial charge in [0.05, 0.1) is 11.2 Å². The van der Waals surface area contributed by atoms with Crippen molar-refractivity contribution in [1.82, 2.24) is 25.5 Å². The van der Waals surface area contributed by atoms with E-state index in [4.69, 9.17) is 0 Å². The summed E-state index contributed by atoms with van der Waals surface area (Å²) in [5.41, 5.74) is 3.33.